The van der Waals surface area contributed by atoms with E-state index in [-0.39, 0.29) is 5.41 Å². The van der Waals surface area contributed by atoms with Crippen LogP contribution >= 0.6 is 0 Å². The van der Waals surface area contributed by atoms with Crippen molar-refractivity contribution in [1.82, 2.24) is 0 Å². The first-order valence-electron chi connectivity index (χ1n) is 10.5. The summed E-state index contributed by atoms with van der Waals surface area (Å²) in [6, 6.07) is 27.0. The highest BCUT2D eigenvalue weighted by atomic mass is 16.5. The monoisotopic (exact) mass is 388 g/mol. The molecule has 1 unspecified atom stereocenters. The van der Waals surface area contributed by atoms with Crippen LogP contribution in [0.3, 0.4) is 0 Å². The van der Waals surface area contributed by atoms with E-state index in [2.05, 4.69) is 58.0 Å². The van der Waals surface area contributed by atoms with Gasteiger partial charge in [0, 0.05) is 5.41 Å². The maximum Gasteiger partial charge on any atom is 0.127 e. The van der Waals surface area contributed by atoms with Crippen LogP contribution in [0.5, 0.6) is 11.5 Å². The van der Waals surface area contributed by atoms with Crippen LogP contribution in [0, 0.1) is 0 Å². The van der Waals surface area contributed by atoms with Gasteiger partial charge in [-0.05, 0) is 53.3 Å². The number of benzene rings is 3. The summed E-state index contributed by atoms with van der Waals surface area (Å²) >= 11 is 0. The minimum Gasteiger partial charge on any atom is -0.457 e. The molecule has 2 nitrogen and oxygen atoms in total. The van der Waals surface area contributed by atoms with Gasteiger partial charge in [-0.1, -0.05) is 82.3 Å². The molecule has 0 spiro atoms. The van der Waals surface area contributed by atoms with Crippen LogP contribution in [0.2, 0.25) is 0 Å². The van der Waals surface area contributed by atoms with Crippen molar-refractivity contribution in [3.05, 3.63) is 95.6 Å². The molecule has 0 saturated heterocycles. The molecule has 0 aliphatic heterocycles. The van der Waals surface area contributed by atoms with Crippen LogP contribution in [-0.2, 0) is 16.8 Å². The summed E-state index contributed by atoms with van der Waals surface area (Å²) in [7, 11) is 0. The van der Waals surface area contributed by atoms with Crippen molar-refractivity contribution in [2.75, 3.05) is 6.61 Å². The maximum absolute atomic E-state index is 6.16. The fraction of sp³-hybridized carbons (Fsp3) is 0.333. The standard InChI is InChI=1S/C27H32O2/c1-5-27(4,24-16-14-23(15-17-24)21(2)3)20-28-19-22-10-9-13-26(18-22)29-25-11-7-6-8-12-25/h6-18,21H,5,19-20H2,1-4H3. The lowest BCUT2D eigenvalue weighted by Gasteiger charge is -2.29. The van der Waals surface area contributed by atoms with Crippen LogP contribution in [0.15, 0.2) is 78.9 Å². The maximum atomic E-state index is 6.16. The number of para-hydroxylation sites is 1. The first-order chi connectivity index (χ1) is 14.0. The molecule has 3 aromatic carbocycles. The van der Waals surface area contributed by atoms with Gasteiger partial charge in [-0.3, -0.25) is 0 Å². The second-order valence-electron chi connectivity index (χ2n) is 8.25. The largest absolute Gasteiger partial charge is 0.457 e. The lowest BCUT2D eigenvalue weighted by molar-refractivity contribution is 0.0747. The Labute approximate surface area is 175 Å². The third-order valence-corrected chi connectivity index (χ3v) is 5.62. The molecule has 0 saturated carbocycles. The molecule has 0 heterocycles. The van der Waals surface area contributed by atoms with E-state index in [0.29, 0.717) is 19.1 Å². The highest BCUT2D eigenvalue weighted by Gasteiger charge is 2.25. The van der Waals surface area contributed by atoms with Gasteiger partial charge in [0.05, 0.1) is 13.2 Å². The van der Waals surface area contributed by atoms with Crippen LogP contribution in [0.4, 0.5) is 0 Å². The number of rotatable bonds is 9. The molecule has 0 aliphatic rings. The molecule has 1 atom stereocenters. The highest BCUT2D eigenvalue weighted by molar-refractivity contribution is 5.34. The van der Waals surface area contributed by atoms with E-state index in [1.165, 1.54) is 11.1 Å². The van der Waals surface area contributed by atoms with Gasteiger partial charge >= 0.3 is 0 Å². The zero-order valence-corrected chi connectivity index (χ0v) is 18.0. The van der Waals surface area contributed by atoms with Gasteiger partial charge in [-0.2, -0.15) is 0 Å². The van der Waals surface area contributed by atoms with Gasteiger partial charge < -0.3 is 9.47 Å². The summed E-state index contributed by atoms with van der Waals surface area (Å²) in [6.07, 6.45) is 1.03. The Kier molecular flexibility index (Phi) is 7.11. The average molecular weight is 389 g/mol. The van der Waals surface area contributed by atoms with Crippen molar-refractivity contribution in [1.29, 1.82) is 0 Å². The number of ether oxygens (including phenoxy) is 2. The third-order valence-electron chi connectivity index (χ3n) is 5.62. The summed E-state index contributed by atoms with van der Waals surface area (Å²) < 4.78 is 12.1. The van der Waals surface area contributed by atoms with Gasteiger partial charge in [0.25, 0.3) is 0 Å². The fourth-order valence-corrected chi connectivity index (χ4v) is 3.38. The summed E-state index contributed by atoms with van der Waals surface area (Å²) in [5.74, 6) is 2.23. The van der Waals surface area contributed by atoms with Crippen LogP contribution in [0.25, 0.3) is 0 Å². The average Bonchev–Trinajstić information content (AvgIpc) is 2.74. The smallest absolute Gasteiger partial charge is 0.127 e. The van der Waals surface area contributed by atoms with E-state index < -0.39 is 0 Å². The van der Waals surface area contributed by atoms with Crippen LogP contribution in [0.1, 0.15) is 56.7 Å². The Hall–Kier alpha value is -2.58. The molecular weight excluding hydrogens is 356 g/mol. The summed E-state index contributed by atoms with van der Waals surface area (Å²) in [4.78, 5) is 0. The molecule has 0 bridgehead atoms. The zero-order valence-electron chi connectivity index (χ0n) is 18.0. The molecule has 0 aromatic heterocycles. The molecule has 3 rings (SSSR count). The lowest BCUT2D eigenvalue weighted by atomic mass is 9.80. The van der Waals surface area contributed by atoms with Gasteiger partial charge in [0.1, 0.15) is 11.5 Å². The second-order valence-corrected chi connectivity index (χ2v) is 8.25. The van der Waals surface area contributed by atoms with E-state index in [1.807, 2.05) is 48.5 Å². The molecule has 0 fully saturated rings. The highest BCUT2D eigenvalue weighted by Crippen LogP contribution is 2.30. The number of hydrogen-bond donors (Lipinski definition) is 0. The van der Waals surface area contributed by atoms with Crippen LogP contribution in [-0.4, -0.2) is 6.61 Å². The molecular formula is C27H32O2. The fourth-order valence-electron chi connectivity index (χ4n) is 3.38. The minimum absolute atomic E-state index is 0.00760. The van der Waals surface area contributed by atoms with Crippen molar-refractivity contribution in [2.45, 2.75) is 52.1 Å². The molecule has 152 valence electrons. The molecule has 29 heavy (non-hydrogen) atoms. The van der Waals surface area contributed by atoms with E-state index in [9.17, 15) is 0 Å². The van der Waals surface area contributed by atoms with Crippen molar-refractivity contribution in [2.24, 2.45) is 0 Å². The predicted octanol–water partition coefficient (Wildman–Crippen LogP) is 7.49. The van der Waals surface area contributed by atoms with E-state index >= 15 is 0 Å². The Balaban J connectivity index is 1.61. The zero-order chi connectivity index (χ0) is 20.7. The second kappa shape index (κ2) is 9.76. The summed E-state index contributed by atoms with van der Waals surface area (Å²) in [5.41, 5.74) is 3.84. The van der Waals surface area contributed by atoms with Crippen molar-refractivity contribution < 1.29 is 9.47 Å². The SMILES string of the molecule is CCC(C)(COCc1cccc(Oc2ccccc2)c1)c1ccc(C(C)C)cc1. The Morgan fingerprint density at radius 1 is 0.828 bits per heavy atom. The van der Waals surface area contributed by atoms with E-state index in [0.717, 1.165) is 23.5 Å². The molecule has 2 heteroatoms. The Morgan fingerprint density at radius 2 is 1.52 bits per heavy atom. The molecule has 0 N–H and O–H groups in total. The third kappa shape index (κ3) is 5.71. The Bertz CT molecular complexity index is 884. The molecule has 0 aliphatic carbocycles. The van der Waals surface area contributed by atoms with E-state index in [4.69, 9.17) is 9.47 Å². The normalized spacial score (nSPS) is 13.3. The van der Waals surface area contributed by atoms with Gasteiger partial charge in [0.15, 0.2) is 0 Å². The topological polar surface area (TPSA) is 18.5 Å². The number of hydrogen-bond acceptors (Lipinski definition) is 2. The minimum atomic E-state index is 0.00760. The van der Waals surface area contributed by atoms with Crippen molar-refractivity contribution in [3.8, 4) is 11.5 Å². The predicted molar refractivity (Wildman–Crippen MR) is 121 cm³/mol. The first-order valence-corrected chi connectivity index (χ1v) is 10.5. The molecule has 3 aromatic rings. The summed E-state index contributed by atoms with van der Waals surface area (Å²) in [6.45, 7) is 10.2. The van der Waals surface area contributed by atoms with E-state index in [1.54, 1.807) is 0 Å². The van der Waals surface area contributed by atoms with Gasteiger partial charge in [-0.15, -0.1) is 0 Å². The lowest BCUT2D eigenvalue weighted by Crippen LogP contribution is -2.27. The van der Waals surface area contributed by atoms with Crippen molar-refractivity contribution >= 4 is 0 Å². The summed E-state index contributed by atoms with van der Waals surface area (Å²) in [5, 5.41) is 0. The molecule has 0 amide bonds. The van der Waals surface area contributed by atoms with Crippen molar-refractivity contribution in [3.63, 3.8) is 0 Å². The quantitative estimate of drug-likeness (QED) is 0.378. The first kappa shape index (κ1) is 21.1. The van der Waals surface area contributed by atoms with Gasteiger partial charge in [-0.25, -0.2) is 0 Å². The van der Waals surface area contributed by atoms with Gasteiger partial charge in [0.2, 0.25) is 0 Å². The van der Waals surface area contributed by atoms with Crippen LogP contribution < -0.4 is 4.74 Å². The molecule has 0 radical (unpaired) electrons. The Morgan fingerprint density at radius 3 is 2.17 bits per heavy atom.